The highest BCUT2D eigenvalue weighted by Gasteiger charge is 2.30. The van der Waals surface area contributed by atoms with Crippen molar-refractivity contribution in [2.45, 2.75) is 418 Å². The average Bonchev–Trinajstić information content (AvgIpc) is 1.17. The minimum Gasteiger partial charge on any atom is -0.462 e. The number of rotatable bonds is 77. The van der Waals surface area contributed by atoms with E-state index >= 15 is 0 Å². The predicted octanol–water partition coefficient (Wildman–Crippen LogP) is 22.8. The maximum Gasteiger partial charge on any atom is 0.472 e. The van der Waals surface area contributed by atoms with Crippen LogP contribution in [0.1, 0.15) is 400 Å². The number of ether oxygens (including phenoxy) is 4. The lowest BCUT2D eigenvalue weighted by molar-refractivity contribution is -0.161. The van der Waals surface area contributed by atoms with Crippen molar-refractivity contribution in [3.63, 3.8) is 0 Å². The third kappa shape index (κ3) is 70.2. The van der Waals surface area contributed by atoms with Gasteiger partial charge in [-0.25, -0.2) is 9.13 Å². The molecule has 0 fully saturated rings. The summed E-state index contributed by atoms with van der Waals surface area (Å²) >= 11 is 0. The Balaban J connectivity index is 5.28. The minimum atomic E-state index is -4.96. The molecule has 0 aliphatic heterocycles. The first-order valence-electron chi connectivity index (χ1n) is 39.9. The fraction of sp³-hybridized carbons (Fsp3) is 0.922. The number of phosphoric acid groups is 2. The van der Waals surface area contributed by atoms with Crippen molar-refractivity contribution in [2.75, 3.05) is 39.6 Å². The number of carbonyl (C=O) groups excluding carboxylic acids is 4. The van der Waals surface area contributed by atoms with Crippen LogP contribution in [0, 0.1) is 0 Å². The Morgan fingerprint density at radius 3 is 0.719 bits per heavy atom. The number of unbranched alkanes of at least 4 members (excludes halogenated alkanes) is 49. The van der Waals surface area contributed by atoms with Crippen molar-refractivity contribution in [1.29, 1.82) is 0 Å². The van der Waals surface area contributed by atoms with Gasteiger partial charge in [-0.3, -0.25) is 37.3 Å². The quantitative estimate of drug-likeness (QED) is 0.0169. The minimum absolute atomic E-state index is 0.105. The Kier molecular flexibility index (Phi) is 69.6. The normalized spacial score (nSPS) is 13.9. The van der Waals surface area contributed by atoms with Crippen LogP contribution in [0.5, 0.6) is 0 Å². The third-order valence-corrected chi connectivity index (χ3v) is 19.7. The summed E-state index contributed by atoms with van der Waals surface area (Å²) in [6.07, 6.45) is 63.3. The van der Waals surface area contributed by atoms with E-state index in [4.69, 9.17) is 37.0 Å². The largest absolute Gasteiger partial charge is 0.472 e. The summed E-state index contributed by atoms with van der Waals surface area (Å²) < 4.78 is 68.6. The Bertz CT molecular complexity index is 1870. The lowest BCUT2D eigenvalue weighted by Crippen LogP contribution is -2.30. The van der Waals surface area contributed by atoms with Crippen LogP contribution < -0.4 is 0 Å². The first-order valence-corrected chi connectivity index (χ1v) is 42.9. The summed E-state index contributed by atoms with van der Waals surface area (Å²) in [5.74, 6) is -2.12. The molecule has 0 saturated heterocycles. The number of hydrogen-bond donors (Lipinski definition) is 3. The SMILES string of the molecule is CCCCCCCC/C=C\CCCCCCCC(=O)OC[C@H](COP(=O)(O)OC[C@@H](O)COP(=O)(O)OC[C@@H](COC(=O)CCCCCCCCCCCCCCC)OC(=O)CCCCCCCCCCCCCCCCC)OC(=O)CCCCCCCCCCCCCCC. The molecular formula is C77H148O17P2. The highest BCUT2D eigenvalue weighted by molar-refractivity contribution is 7.47. The van der Waals surface area contributed by atoms with Crippen LogP contribution in [0.3, 0.4) is 0 Å². The molecule has 5 atom stereocenters. The molecule has 0 aromatic carbocycles. The molecule has 0 bridgehead atoms. The van der Waals surface area contributed by atoms with E-state index in [2.05, 4.69) is 39.8 Å². The second-order valence-electron chi connectivity index (χ2n) is 27.4. The van der Waals surface area contributed by atoms with Gasteiger partial charge in [0.05, 0.1) is 26.4 Å². The van der Waals surface area contributed by atoms with Crippen molar-refractivity contribution in [1.82, 2.24) is 0 Å². The van der Waals surface area contributed by atoms with E-state index in [1.54, 1.807) is 0 Å². The predicted molar refractivity (Wildman–Crippen MR) is 391 cm³/mol. The van der Waals surface area contributed by atoms with Crippen LogP contribution in [0.2, 0.25) is 0 Å². The first kappa shape index (κ1) is 93.8. The van der Waals surface area contributed by atoms with Gasteiger partial charge in [0.2, 0.25) is 0 Å². The number of aliphatic hydroxyl groups is 1. The molecule has 3 N–H and O–H groups in total. The van der Waals surface area contributed by atoms with Crippen molar-refractivity contribution in [2.24, 2.45) is 0 Å². The highest BCUT2D eigenvalue weighted by Crippen LogP contribution is 2.45. The van der Waals surface area contributed by atoms with Gasteiger partial charge in [-0.05, 0) is 51.4 Å². The zero-order valence-electron chi connectivity index (χ0n) is 62.1. The number of carbonyl (C=O) groups is 4. The standard InChI is InChI=1S/C77H148O17P2/c1-5-9-13-17-21-25-29-33-35-39-42-46-50-54-58-62-75(80)88-68-72(93-76(81)63-59-55-51-47-43-38-32-28-24-20-16-12-8-4)69-91-95(83,84)89-65-71(78)66-90-96(85,86)92-70-73(67-87-74(79)61-57-53-49-45-41-37-31-27-23-19-15-11-7-3)94-77(82)64-60-56-52-48-44-40-36-34-30-26-22-18-14-10-6-2/h33,35,71-73,78H,5-32,34,36-70H2,1-4H3,(H,83,84)(H,85,86)/b35-33-/t71-,72-,73-/m1/s1. The van der Waals surface area contributed by atoms with Gasteiger partial charge in [0, 0.05) is 25.7 Å². The molecule has 19 heteroatoms. The van der Waals surface area contributed by atoms with Crippen molar-refractivity contribution in [3.8, 4) is 0 Å². The van der Waals surface area contributed by atoms with Crippen molar-refractivity contribution >= 4 is 39.5 Å². The van der Waals surface area contributed by atoms with Gasteiger partial charge < -0.3 is 33.8 Å². The Labute approximate surface area is 587 Å². The molecule has 96 heavy (non-hydrogen) atoms. The second-order valence-corrected chi connectivity index (χ2v) is 30.3. The van der Waals surface area contributed by atoms with Gasteiger partial charge in [-0.15, -0.1) is 0 Å². The Morgan fingerprint density at radius 2 is 0.479 bits per heavy atom. The summed E-state index contributed by atoms with van der Waals surface area (Å²) in [6, 6.07) is 0. The van der Waals surface area contributed by atoms with Gasteiger partial charge in [-0.2, -0.15) is 0 Å². The van der Waals surface area contributed by atoms with E-state index in [0.29, 0.717) is 25.7 Å². The molecule has 0 spiro atoms. The molecule has 0 rings (SSSR count). The summed E-state index contributed by atoms with van der Waals surface area (Å²) in [5, 5.41) is 10.6. The smallest absolute Gasteiger partial charge is 0.462 e. The van der Waals surface area contributed by atoms with Gasteiger partial charge >= 0.3 is 39.5 Å². The van der Waals surface area contributed by atoms with E-state index in [1.807, 2.05) is 0 Å². The zero-order valence-corrected chi connectivity index (χ0v) is 63.9. The molecule has 0 aliphatic rings. The Hall–Kier alpha value is -2.20. The van der Waals surface area contributed by atoms with Crippen LogP contribution in [0.15, 0.2) is 12.2 Å². The van der Waals surface area contributed by atoms with Crippen LogP contribution in [0.4, 0.5) is 0 Å². The maximum absolute atomic E-state index is 13.1. The first-order chi connectivity index (χ1) is 46.7. The van der Waals surface area contributed by atoms with Crippen molar-refractivity contribution in [3.05, 3.63) is 12.2 Å². The number of phosphoric ester groups is 2. The van der Waals surface area contributed by atoms with E-state index in [-0.39, 0.29) is 25.7 Å². The van der Waals surface area contributed by atoms with Gasteiger partial charge in [0.25, 0.3) is 0 Å². The van der Waals surface area contributed by atoms with E-state index < -0.39 is 97.5 Å². The molecule has 568 valence electrons. The van der Waals surface area contributed by atoms with E-state index in [0.717, 1.165) is 109 Å². The van der Waals surface area contributed by atoms with E-state index in [1.165, 1.54) is 212 Å². The van der Waals surface area contributed by atoms with Crippen LogP contribution >= 0.6 is 15.6 Å². The summed E-state index contributed by atoms with van der Waals surface area (Å²) in [5.41, 5.74) is 0. The number of aliphatic hydroxyl groups excluding tert-OH is 1. The fourth-order valence-corrected chi connectivity index (χ4v) is 13.2. The van der Waals surface area contributed by atoms with Gasteiger partial charge in [0.15, 0.2) is 12.2 Å². The van der Waals surface area contributed by atoms with E-state index in [9.17, 15) is 43.2 Å². The average molecular weight is 1410 g/mol. The molecular weight excluding hydrogens is 1260 g/mol. The topological polar surface area (TPSA) is 237 Å². The molecule has 0 saturated carbocycles. The second kappa shape index (κ2) is 71.2. The molecule has 17 nitrogen and oxygen atoms in total. The summed E-state index contributed by atoms with van der Waals surface area (Å²) in [7, 11) is -9.92. The molecule has 0 heterocycles. The summed E-state index contributed by atoms with van der Waals surface area (Å²) in [6.45, 7) is 4.98. The number of esters is 4. The molecule has 0 radical (unpaired) electrons. The molecule has 0 amide bonds. The number of hydrogen-bond acceptors (Lipinski definition) is 15. The van der Waals surface area contributed by atoms with Gasteiger partial charge in [0.1, 0.15) is 19.3 Å². The molecule has 2 unspecified atom stereocenters. The zero-order chi connectivity index (χ0) is 70.4. The maximum atomic E-state index is 13.1. The van der Waals surface area contributed by atoms with Crippen LogP contribution in [-0.4, -0.2) is 96.7 Å². The molecule has 0 aromatic rings. The molecule has 0 aromatic heterocycles. The van der Waals surface area contributed by atoms with Gasteiger partial charge in [-0.1, -0.05) is 335 Å². The third-order valence-electron chi connectivity index (χ3n) is 17.8. The fourth-order valence-electron chi connectivity index (χ4n) is 11.6. The van der Waals surface area contributed by atoms with Crippen molar-refractivity contribution < 1.29 is 80.2 Å². The molecule has 0 aliphatic carbocycles. The highest BCUT2D eigenvalue weighted by atomic mass is 31.2. The van der Waals surface area contributed by atoms with Crippen LogP contribution in [-0.2, 0) is 65.4 Å². The van der Waals surface area contributed by atoms with Crippen LogP contribution in [0.25, 0.3) is 0 Å². The lowest BCUT2D eigenvalue weighted by atomic mass is 10.0. The monoisotopic (exact) mass is 1410 g/mol. The summed E-state index contributed by atoms with van der Waals surface area (Å²) in [4.78, 5) is 72.9. The Morgan fingerprint density at radius 1 is 0.281 bits per heavy atom. The number of allylic oxidation sites excluding steroid dienone is 2. The lowest BCUT2D eigenvalue weighted by Gasteiger charge is -2.21.